The highest BCUT2D eigenvalue weighted by Gasteiger charge is 2.16. The molecule has 0 aromatic rings. The lowest BCUT2D eigenvalue weighted by molar-refractivity contribution is -0.151. The van der Waals surface area contributed by atoms with Gasteiger partial charge in [0.05, 0.1) is 6.61 Å². The Hall–Kier alpha value is -1.40. The zero-order valence-electron chi connectivity index (χ0n) is 36.5. The predicted octanol–water partition coefficient (Wildman–Crippen LogP) is 14.0. The Morgan fingerprint density at radius 1 is 0.481 bits per heavy atom. The van der Waals surface area contributed by atoms with E-state index in [9.17, 15) is 14.7 Å². The largest absolute Gasteiger partial charge is 0.462 e. The van der Waals surface area contributed by atoms with Crippen molar-refractivity contribution in [1.82, 2.24) is 4.90 Å². The van der Waals surface area contributed by atoms with E-state index >= 15 is 0 Å². The van der Waals surface area contributed by atoms with Gasteiger partial charge in [0.25, 0.3) is 0 Å². The number of carbonyl (C=O) groups is 2. The van der Waals surface area contributed by atoms with Crippen molar-refractivity contribution in [3.05, 3.63) is 12.7 Å². The minimum absolute atomic E-state index is 0.0179. The highest BCUT2D eigenvalue weighted by Crippen LogP contribution is 2.20. The molecule has 0 heterocycles. The molecule has 0 bridgehead atoms. The Balaban J connectivity index is 4.40. The van der Waals surface area contributed by atoms with E-state index in [2.05, 4.69) is 32.3 Å². The van der Waals surface area contributed by atoms with E-state index in [-0.39, 0.29) is 30.8 Å². The molecule has 0 saturated heterocycles. The summed E-state index contributed by atoms with van der Waals surface area (Å²) in [5.74, 6) is -0.0461. The first-order valence-corrected chi connectivity index (χ1v) is 23.8. The molecule has 1 atom stereocenters. The second-order valence-corrected chi connectivity index (χ2v) is 16.4. The van der Waals surface area contributed by atoms with E-state index in [4.69, 9.17) is 9.47 Å². The molecule has 320 valence electrons. The number of hydrogen-bond donors (Lipinski definition) is 1. The van der Waals surface area contributed by atoms with Crippen LogP contribution in [0.5, 0.6) is 0 Å². The number of aliphatic hydroxyl groups is 1. The van der Waals surface area contributed by atoms with Crippen LogP contribution in [0.25, 0.3) is 0 Å². The molecule has 1 N–H and O–H groups in total. The molecule has 0 amide bonds. The first-order valence-electron chi connectivity index (χ1n) is 23.8. The first kappa shape index (κ1) is 52.6. The third kappa shape index (κ3) is 37.5. The fourth-order valence-corrected chi connectivity index (χ4v) is 7.53. The summed E-state index contributed by atoms with van der Waals surface area (Å²) in [6.45, 7) is 13.3. The van der Waals surface area contributed by atoms with Crippen LogP contribution >= 0.6 is 0 Å². The summed E-state index contributed by atoms with van der Waals surface area (Å²) in [6, 6.07) is 0. The number of nitrogens with zero attached hydrogens (tertiary/aromatic N) is 1. The number of esters is 2. The summed E-state index contributed by atoms with van der Waals surface area (Å²) < 4.78 is 12.1. The molecule has 0 aromatic carbocycles. The quantitative estimate of drug-likeness (QED) is 0.0378. The number of allylic oxidation sites excluding steroid dienone is 1. The van der Waals surface area contributed by atoms with Crippen LogP contribution < -0.4 is 0 Å². The molecule has 0 spiro atoms. The average Bonchev–Trinajstić information content (AvgIpc) is 3.16. The second-order valence-electron chi connectivity index (χ2n) is 16.4. The Morgan fingerprint density at radius 3 is 1.17 bits per heavy atom. The molecule has 54 heavy (non-hydrogen) atoms. The number of hydrogen-bond acceptors (Lipinski definition) is 6. The van der Waals surface area contributed by atoms with Crippen LogP contribution in [0.2, 0.25) is 0 Å². The summed E-state index contributed by atoms with van der Waals surface area (Å²) in [4.78, 5) is 27.9. The highest BCUT2D eigenvalue weighted by molar-refractivity contribution is 5.69. The van der Waals surface area contributed by atoms with Crippen molar-refractivity contribution in [3.8, 4) is 0 Å². The minimum atomic E-state index is -0.0282. The van der Waals surface area contributed by atoms with Gasteiger partial charge in [-0.3, -0.25) is 9.59 Å². The maximum absolute atomic E-state index is 12.8. The molecule has 0 rings (SSSR count). The first-order chi connectivity index (χ1) is 26.5. The van der Waals surface area contributed by atoms with Gasteiger partial charge in [0, 0.05) is 19.4 Å². The number of aliphatic hydroxyl groups excluding tert-OH is 1. The number of ether oxygens (including phenoxy) is 2. The van der Waals surface area contributed by atoms with Crippen LogP contribution in [0, 0.1) is 0 Å². The summed E-state index contributed by atoms with van der Waals surface area (Å²) in [7, 11) is 0. The van der Waals surface area contributed by atoms with Gasteiger partial charge in [-0.25, -0.2) is 0 Å². The van der Waals surface area contributed by atoms with E-state index < -0.39 is 0 Å². The van der Waals surface area contributed by atoms with Gasteiger partial charge >= 0.3 is 11.9 Å². The van der Waals surface area contributed by atoms with Gasteiger partial charge in [0.1, 0.15) is 12.2 Å². The fourth-order valence-electron chi connectivity index (χ4n) is 7.53. The minimum Gasteiger partial charge on any atom is -0.462 e. The topological polar surface area (TPSA) is 76.1 Å². The van der Waals surface area contributed by atoms with Crippen LogP contribution in [0.3, 0.4) is 0 Å². The molecule has 1 unspecified atom stereocenters. The molecule has 6 nitrogen and oxygen atoms in total. The SMILES string of the molecule is C=CCCCCCCC(CCCCCCCC)OC(=O)CCCCCN(CCO)CCCCCC(=O)OC(CCCCCCCC)CCCCCCCC. The predicted molar refractivity (Wildman–Crippen MR) is 232 cm³/mol. The zero-order chi connectivity index (χ0) is 39.6. The van der Waals surface area contributed by atoms with Crippen LogP contribution in [0.1, 0.15) is 245 Å². The Bertz CT molecular complexity index is 788. The summed E-state index contributed by atoms with van der Waals surface area (Å²) in [5, 5.41) is 9.65. The lowest BCUT2D eigenvalue weighted by atomic mass is 10.0. The van der Waals surface area contributed by atoms with Crippen molar-refractivity contribution >= 4 is 11.9 Å². The van der Waals surface area contributed by atoms with Gasteiger partial charge in [-0.1, -0.05) is 149 Å². The second kappa shape index (κ2) is 42.7. The van der Waals surface area contributed by atoms with Gasteiger partial charge in [-0.15, -0.1) is 6.58 Å². The maximum Gasteiger partial charge on any atom is 0.306 e. The van der Waals surface area contributed by atoms with Gasteiger partial charge in [-0.05, 0) is 103 Å². The summed E-state index contributed by atoms with van der Waals surface area (Å²) >= 11 is 0. The van der Waals surface area contributed by atoms with E-state index in [1.807, 2.05) is 6.08 Å². The molecule has 0 aliphatic rings. The van der Waals surface area contributed by atoms with Gasteiger partial charge < -0.3 is 19.5 Å². The molecule has 0 radical (unpaired) electrons. The Kier molecular flexibility index (Phi) is 41.6. The number of carbonyl (C=O) groups excluding carboxylic acids is 2. The van der Waals surface area contributed by atoms with Crippen molar-refractivity contribution in [1.29, 1.82) is 0 Å². The average molecular weight is 764 g/mol. The van der Waals surface area contributed by atoms with Crippen molar-refractivity contribution in [2.45, 2.75) is 258 Å². The normalized spacial score (nSPS) is 12.1. The molecule has 0 aliphatic heterocycles. The van der Waals surface area contributed by atoms with E-state index in [1.54, 1.807) is 0 Å². The molecular formula is C48H93NO5. The summed E-state index contributed by atoms with van der Waals surface area (Å²) in [6.07, 6.45) is 41.6. The lowest BCUT2D eigenvalue weighted by Gasteiger charge is -2.21. The molecule has 0 fully saturated rings. The maximum atomic E-state index is 12.8. The highest BCUT2D eigenvalue weighted by atomic mass is 16.5. The van der Waals surface area contributed by atoms with Crippen LogP contribution in [-0.2, 0) is 19.1 Å². The van der Waals surface area contributed by atoms with E-state index in [0.717, 1.165) is 96.6 Å². The van der Waals surface area contributed by atoms with Crippen molar-refractivity contribution in [3.63, 3.8) is 0 Å². The lowest BCUT2D eigenvalue weighted by Crippen LogP contribution is -2.29. The van der Waals surface area contributed by atoms with Crippen molar-refractivity contribution in [2.75, 3.05) is 26.2 Å². The number of rotatable bonds is 44. The molecule has 0 aliphatic carbocycles. The van der Waals surface area contributed by atoms with Crippen LogP contribution in [0.4, 0.5) is 0 Å². The third-order valence-corrected chi connectivity index (χ3v) is 11.0. The van der Waals surface area contributed by atoms with Gasteiger partial charge in [0.2, 0.25) is 0 Å². The van der Waals surface area contributed by atoms with Gasteiger partial charge in [-0.2, -0.15) is 0 Å². The number of unbranched alkanes of at least 4 members (excludes halogenated alkanes) is 23. The van der Waals surface area contributed by atoms with E-state index in [0.29, 0.717) is 19.4 Å². The Labute approximate surface area is 336 Å². The molecule has 0 aromatic heterocycles. The molecule has 0 saturated carbocycles. The molecule has 6 heteroatoms. The zero-order valence-corrected chi connectivity index (χ0v) is 36.5. The fraction of sp³-hybridized carbons (Fsp3) is 0.917. The van der Waals surface area contributed by atoms with E-state index in [1.165, 1.54) is 128 Å². The smallest absolute Gasteiger partial charge is 0.306 e. The van der Waals surface area contributed by atoms with Crippen LogP contribution in [0.15, 0.2) is 12.7 Å². The van der Waals surface area contributed by atoms with Crippen molar-refractivity contribution < 1.29 is 24.2 Å². The monoisotopic (exact) mass is 764 g/mol. The van der Waals surface area contributed by atoms with Crippen molar-refractivity contribution in [2.24, 2.45) is 0 Å². The van der Waals surface area contributed by atoms with Crippen LogP contribution in [-0.4, -0.2) is 60.4 Å². The van der Waals surface area contributed by atoms with Gasteiger partial charge in [0.15, 0.2) is 0 Å². The molecular weight excluding hydrogens is 671 g/mol. The summed E-state index contributed by atoms with van der Waals surface area (Å²) in [5.41, 5.74) is 0. The third-order valence-electron chi connectivity index (χ3n) is 11.0. The standard InChI is InChI=1S/C48H93NO5/c1-5-9-13-17-21-27-35-45(36-28-22-18-14-10-6-2)53-47(51)39-31-25-33-41-49(43-44-50)42-34-26-32-40-48(52)54-46(37-29-23-19-15-11-7-3)38-30-24-20-16-12-8-4/h5,45-46,50H,1,6-44H2,2-4H3. The Morgan fingerprint density at radius 2 is 0.815 bits per heavy atom.